The molecule has 1 heterocycles. The van der Waals surface area contributed by atoms with E-state index in [0.29, 0.717) is 11.8 Å². The summed E-state index contributed by atoms with van der Waals surface area (Å²) in [6.45, 7) is 1.61. The molecule has 0 amide bonds. The van der Waals surface area contributed by atoms with Crippen LogP contribution in [-0.2, 0) is 16.3 Å². The van der Waals surface area contributed by atoms with E-state index in [0.717, 1.165) is 36.4 Å². The van der Waals surface area contributed by atoms with Crippen molar-refractivity contribution in [3.05, 3.63) is 29.8 Å². The Balaban J connectivity index is 2.15. The molecule has 0 aromatic heterocycles. The second-order valence-electron chi connectivity index (χ2n) is 4.47. The molecule has 0 bridgehead atoms. The molecule has 1 N–H and O–H groups in total. The first-order valence-corrected chi connectivity index (χ1v) is 7.49. The first kappa shape index (κ1) is 10.3. The molecule has 1 aromatic rings. The third-order valence-corrected chi connectivity index (χ3v) is 5.54. The van der Waals surface area contributed by atoms with Crippen molar-refractivity contribution in [3.8, 4) is 0 Å². The Morgan fingerprint density at radius 1 is 1.31 bits per heavy atom. The average molecular weight is 236 g/mol. The highest BCUT2D eigenvalue weighted by Crippen LogP contribution is 2.29. The van der Waals surface area contributed by atoms with Crippen molar-refractivity contribution in [1.82, 2.24) is 5.32 Å². The maximum atomic E-state index is 12.9. The van der Waals surface area contributed by atoms with Gasteiger partial charge in [-0.25, -0.2) is 8.57 Å². The van der Waals surface area contributed by atoms with Gasteiger partial charge in [0.15, 0.2) is 0 Å². The zero-order valence-corrected chi connectivity index (χ0v) is 10.0. The SMILES string of the molecule is O=S1(=NC2CC2)CCNCc2ccccc21. The van der Waals surface area contributed by atoms with E-state index in [1.165, 1.54) is 0 Å². The predicted molar refractivity (Wildman–Crippen MR) is 64.9 cm³/mol. The topological polar surface area (TPSA) is 41.5 Å². The second-order valence-corrected chi connectivity index (χ2v) is 6.81. The molecule has 3 nitrogen and oxygen atoms in total. The molecule has 86 valence electrons. The molecule has 1 unspecified atom stereocenters. The minimum absolute atomic E-state index is 0.360. The van der Waals surface area contributed by atoms with Crippen LogP contribution in [0.1, 0.15) is 18.4 Å². The molecule has 1 aromatic carbocycles. The van der Waals surface area contributed by atoms with E-state index in [4.69, 9.17) is 0 Å². The van der Waals surface area contributed by atoms with E-state index in [1.54, 1.807) is 0 Å². The fourth-order valence-corrected chi connectivity index (χ4v) is 4.43. The van der Waals surface area contributed by atoms with E-state index in [-0.39, 0.29) is 0 Å². The highest BCUT2D eigenvalue weighted by Gasteiger charge is 2.26. The van der Waals surface area contributed by atoms with Gasteiger partial charge in [-0.2, -0.15) is 0 Å². The van der Waals surface area contributed by atoms with Gasteiger partial charge < -0.3 is 5.32 Å². The highest BCUT2D eigenvalue weighted by atomic mass is 32.2. The Kier molecular flexibility index (Phi) is 2.48. The molecule has 1 saturated carbocycles. The number of nitrogens with zero attached hydrogens (tertiary/aromatic N) is 1. The minimum Gasteiger partial charge on any atom is -0.312 e. The summed E-state index contributed by atoms with van der Waals surface area (Å²) in [5.41, 5.74) is 1.15. The monoisotopic (exact) mass is 236 g/mol. The summed E-state index contributed by atoms with van der Waals surface area (Å²) in [5.74, 6) is 0.653. The van der Waals surface area contributed by atoms with E-state index in [2.05, 4.69) is 15.7 Å². The Labute approximate surface area is 96.4 Å². The van der Waals surface area contributed by atoms with E-state index < -0.39 is 9.73 Å². The molecular weight excluding hydrogens is 220 g/mol. The van der Waals surface area contributed by atoms with Crippen LogP contribution < -0.4 is 5.32 Å². The summed E-state index contributed by atoms with van der Waals surface area (Å²) in [5, 5.41) is 3.31. The Bertz CT molecular complexity index is 514. The lowest BCUT2D eigenvalue weighted by molar-refractivity contribution is 0.672. The van der Waals surface area contributed by atoms with Gasteiger partial charge >= 0.3 is 0 Å². The normalized spacial score (nSPS) is 29.2. The molecular formula is C12H16N2OS. The molecule has 0 saturated heterocycles. The molecule has 4 heteroatoms. The summed E-state index contributed by atoms with van der Waals surface area (Å²) >= 11 is 0. The molecule has 1 fully saturated rings. The Morgan fingerprint density at radius 3 is 2.94 bits per heavy atom. The van der Waals surface area contributed by atoms with Gasteiger partial charge in [0, 0.05) is 18.8 Å². The van der Waals surface area contributed by atoms with E-state index in [9.17, 15) is 4.21 Å². The number of benzene rings is 1. The lowest BCUT2D eigenvalue weighted by atomic mass is 10.2. The van der Waals surface area contributed by atoms with E-state index >= 15 is 0 Å². The molecule has 2 aliphatic rings. The smallest absolute Gasteiger partial charge is 0.0770 e. The number of hydrogen-bond donors (Lipinski definition) is 1. The largest absolute Gasteiger partial charge is 0.312 e. The first-order chi connectivity index (χ1) is 7.78. The lowest BCUT2D eigenvalue weighted by Gasteiger charge is -2.09. The fraction of sp³-hybridized carbons (Fsp3) is 0.500. The van der Waals surface area contributed by atoms with Crippen LogP contribution in [0.3, 0.4) is 0 Å². The number of rotatable bonds is 1. The zero-order valence-electron chi connectivity index (χ0n) is 9.19. The number of fused-ring (bicyclic) bond motifs is 1. The maximum Gasteiger partial charge on any atom is 0.0770 e. The van der Waals surface area contributed by atoms with Gasteiger partial charge in [0.1, 0.15) is 0 Å². The Morgan fingerprint density at radius 2 is 2.12 bits per heavy atom. The summed E-state index contributed by atoms with van der Waals surface area (Å²) in [6, 6.07) is 8.36. The third kappa shape index (κ3) is 1.87. The standard InChI is InChI=1S/C12H16N2OS/c15-16(14-11-5-6-11)8-7-13-9-10-3-1-2-4-12(10)16/h1-4,11,13H,5-9H2. The van der Waals surface area contributed by atoms with Crippen LogP contribution in [0, 0.1) is 0 Å². The maximum absolute atomic E-state index is 12.9. The highest BCUT2D eigenvalue weighted by molar-refractivity contribution is 7.93. The van der Waals surface area contributed by atoms with Crippen LogP contribution in [0.4, 0.5) is 0 Å². The zero-order chi connectivity index (χ0) is 11.0. The van der Waals surface area contributed by atoms with Crippen molar-refractivity contribution in [2.45, 2.75) is 30.3 Å². The molecule has 16 heavy (non-hydrogen) atoms. The molecule has 0 spiro atoms. The van der Waals surface area contributed by atoms with Crippen LogP contribution in [0.5, 0.6) is 0 Å². The molecule has 1 aliphatic carbocycles. The van der Waals surface area contributed by atoms with Crippen LogP contribution in [-0.4, -0.2) is 22.5 Å². The van der Waals surface area contributed by atoms with Crippen molar-refractivity contribution in [3.63, 3.8) is 0 Å². The summed E-state index contributed by atoms with van der Waals surface area (Å²) in [4.78, 5) is 0.965. The minimum atomic E-state index is -2.16. The van der Waals surface area contributed by atoms with Crippen LogP contribution in [0.25, 0.3) is 0 Å². The third-order valence-electron chi connectivity index (χ3n) is 3.05. The second kappa shape index (κ2) is 3.86. The van der Waals surface area contributed by atoms with Gasteiger partial charge in [0.25, 0.3) is 0 Å². The van der Waals surface area contributed by atoms with E-state index in [1.807, 2.05) is 18.2 Å². The molecule has 3 rings (SSSR count). The molecule has 1 aliphatic heterocycles. The lowest BCUT2D eigenvalue weighted by Crippen LogP contribution is -2.17. The van der Waals surface area contributed by atoms with Gasteiger partial charge in [0.05, 0.1) is 20.7 Å². The average Bonchev–Trinajstić information content (AvgIpc) is 3.09. The van der Waals surface area contributed by atoms with Gasteiger partial charge in [-0.05, 0) is 24.5 Å². The van der Waals surface area contributed by atoms with Gasteiger partial charge in [-0.1, -0.05) is 18.2 Å². The Hall–Kier alpha value is -0.870. The van der Waals surface area contributed by atoms with Gasteiger partial charge in [0.2, 0.25) is 0 Å². The van der Waals surface area contributed by atoms with Crippen LogP contribution >= 0.6 is 0 Å². The van der Waals surface area contributed by atoms with Crippen molar-refractivity contribution < 1.29 is 4.21 Å². The molecule has 1 atom stereocenters. The number of hydrogen-bond acceptors (Lipinski definition) is 3. The fourth-order valence-electron chi connectivity index (χ4n) is 2.03. The van der Waals surface area contributed by atoms with Crippen molar-refractivity contribution in [2.75, 3.05) is 12.3 Å². The summed E-state index contributed by atoms with van der Waals surface area (Å²) in [7, 11) is -2.16. The van der Waals surface area contributed by atoms with Crippen molar-refractivity contribution >= 4 is 9.73 Å². The number of nitrogens with one attached hydrogen (secondary N) is 1. The summed E-state index contributed by atoms with van der Waals surface area (Å²) in [6.07, 6.45) is 2.24. The van der Waals surface area contributed by atoms with Gasteiger partial charge in [-0.15, -0.1) is 0 Å². The predicted octanol–water partition coefficient (Wildman–Crippen LogP) is 1.78. The molecule has 0 radical (unpaired) electrons. The quantitative estimate of drug-likeness (QED) is 0.807. The van der Waals surface area contributed by atoms with Crippen molar-refractivity contribution in [1.29, 1.82) is 0 Å². The first-order valence-electron chi connectivity index (χ1n) is 5.80. The van der Waals surface area contributed by atoms with Gasteiger partial charge in [-0.3, -0.25) is 0 Å². The van der Waals surface area contributed by atoms with Crippen molar-refractivity contribution in [2.24, 2.45) is 4.36 Å². The van der Waals surface area contributed by atoms with Crippen LogP contribution in [0.2, 0.25) is 0 Å². The van der Waals surface area contributed by atoms with Crippen LogP contribution in [0.15, 0.2) is 33.5 Å². The summed E-state index contributed by atoms with van der Waals surface area (Å²) < 4.78 is 17.5.